The predicted molar refractivity (Wildman–Crippen MR) is 78.2 cm³/mol. The number of carbonyl (C=O) groups excluding carboxylic acids is 1. The van der Waals surface area contributed by atoms with Crippen molar-refractivity contribution in [3.8, 4) is 5.75 Å². The van der Waals surface area contributed by atoms with Gasteiger partial charge in [-0.2, -0.15) is 0 Å². The van der Waals surface area contributed by atoms with E-state index < -0.39 is 5.82 Å². The summed E-state index contributed by atoms with van der Waals surface area (Å²) in [5.41, 5.74) is 0.601. The number of methoxy groups -OCH3 is 1. The van der Waals surface area contributed by atoms with Gasteiger partial charge in [-0.05, 0) is 18.2 Å². The van der Waals surface area contributed by atoms with Crippen LogP contribution in [0.15, 0.2) is 47.8 Å². The number of thiophene rings is 1. The van der Waals surface area contributed by atoms with E-state index in [1.807, 2.05) is 24.3 Å². The standard InChI is InChI=1S/C16H11FO2S/c1-19-10-6-7-12(14(17)8-10)16(18)13-9-20-15-5-3-2-4-11(13)15/h2-9H,1H3. The number of hydrogen-bond donors (Lipinski definition) is 0. The van der Waals surface area contributed by atoms with Crippen LogP contribution in [0.1, 0.15) is 15.9 Å². The van der Waals surface area contributed by atoms with Crippen molar-refractivity contribution in [1.82, 2.24) is 0 Å². The molecule has 0 aliphatic carbocycles. The molecule has 0 fully saturated rings. The molecular weight excluding hydrogens is 275 g/mol. The molecule has 0 N–H and O–H groups in total. The van der Waals surface area contributed by atoms with E-state index in [9.17, 15) is 9.18 Å². The highest BCUT2D eigenvalue weighted by molar-refractivity contribution is 7.17. The Hall–Kier alpha value is -2.20. The number of benzene rings is 2. The smallest absolute Gasteiger partial charge is 0.197 e. The fourth-order valence-electron chi connectivity index (χ4n) is 2.11. The van der Waals surface area contributed by atoms with Crippen molar-refractivity contribution in [1.29, 1.82) is 0 Å². The lowest BCUT2D eigenvalue weighted by molar-refractivity contribution is 0.103. The zero-order valence-electron chi connectivity index (χ0n) is 10.7. The molecule has 3 rings (SSSR count). The Morgan fingerprint density at radius 3 is 2.70 bits per heavy atom. The SMILES string of the molecule is COc1ccc(C(=O)c2csc3ccccc23)c(F)c1. The van der Waals surface area contributed by atoms with Gasteiger partial charge >= 0.3 is 0 Å². The average molecular weight is 286 g/mol. The fraction of sp³-hybridized carbons (Fsp3) is 0.0625. The molecule has 2 aromatic carbocycles. The quantitative estimate of drug-likeness (QED) is 0.672. The number of halogens is 1. The van der Waals surface area contributed by atoms with E-state index in [0.717, 1.165) is 10.1 Å². The molecule has 100 valence electrons. The number of ketones is 1. The van der Waals surface area contributed by atoms with Gasteiger partial charge in [0.15, 0.2) is 5.78 Å². The Morgan fingerprint density at radius 2 is 1.95 bits per heavy atom. The summed E-state index contributed by atoms with van der Waals surface area (Å²) in [4.78, 5) is 12.5. The molecule has 1 aromatic heterocycles. The minimum Gasteiger partial charge on any atom is -0.497 e. The van der Waals surface area contributed by atoms with Crippen LogP contribution in [0.4, 0.5) is 4.39 Å². The van der Waals surface area contributed by atoms with Gasteiger partial charge in [-0.1, -0.05) is 18.2 Å². The summed E-state index contributed by atoms with van der Waals surface area (Å²) in [5, 5.41) is 2.63. The topological polar surface area (TPSA) is 26.3 Å². The minimum atomic E-state index is -0.565. The first-order valence-corrected chi connectivity index (χ1v) is 6.93. The highest BCUT2D eigenvalue weighted by atomic mass is 32.1. The molecule has 1 heterocycles. The highest BCUT2D eigenvalue weighted by Crippen LogP contribution is 2.28. The zero-order valence-corrected chi connectivity index (χ0v) is 11.5. The predicted octanol–water partition coefficient (Wildman–Crippen LogP) is 4.28. The zero-order chi connectivity index (χ0) is 14.1. The maximum absolute atomic E-state index is 14.0. The van der Waals surface area contributed by atoms with Crippen LogP contribution in [0.5, 0.6) is 5.75 Å². The lowest BCUT2D eigenvalue weighted by atomic mass is 10.0. The monoisotopic (exact) mass is 286 g/mol. The van der Waals surface area contributed by atoms with Crippen LogP contribution >= 0.6 is 11.3 Å². The van der Waals surface area contributed by atoms with Crippen LogP contribution < -0.4 is 4.74 Å². The summed E-state index contributed by atoms with van der Waals surface area (Å²) in [6.07, 6.45) is 0. The highest BCUT2D eigenvalue weighted by Gasteiger charge is 2.18. The summed E-state index contributed by atoms with van der Waals surface area (Å²) in [6, 6.07) is 11.9. The number of ether oxygens (including phenoxy) is 1. The first-order chi connectivity index (χ1) is 9.70. The molecule has 0 spiro atoms. The van der Waals surface area contributed by atoms with Crippen molar-refractivity contribution in [2.75, 3.05) is 7.11 Å². The van der Waals surface area contributed by atoms with E-state index in [-0.39, 0.29) is 11.3 Å². The van der Waals surface area contributed by atoms with E-state index >= 15 is 0 Å². The van der Waals surface area contributed by atoms with Crippen molar-refractivity contribution in [2.45, 2.75) is 0 Å². The van der Waals surface area contributed by atoms with E-state index in [2.05, 4.69) is 0 Å². The summed E-state index contributed by atoms with van der Waals surface area (Å²) >= 11 is 1.48. The Balaban J connectivity index is 2.09. The van der Waals surface area contributed by atoms with Crippen LogP contribution in [0.2, 0.25) is 0 Å². The molecule has 4 heteroatoms. The molecule has 0 aliphatic heterocycles. The Morgan fingerprint density at radius 1 is 1.15 bits per heavy atom. The van der Waals surface area contributed by atoms with E-state index in [0.29, 0.717) is 11.3 Å². The maximum Gasteiger partial charge on any atom is 0.197 e. The molecular formula is C16H11FO2S. The van der Waals surface area contributed by atoms with E-state index in [4.69, 9.17) is 4.74 Å². The molecule has 0 unspecified atom stereocenters. The van der Waals surface area contributed by atoms with Gasteiger partial charge in [0, 0.05) is 27.1 Å². The Labute approximate surface area is 119 Å². The lowest BCUT2D eigenvalue weighted by Crippen LogP contribution is -2.03. The van der Waals surface area contributed by atoms with Crippen molar-refractivity contribution in [2.24, 2.45) is 0 Å². The second-order valence-corrected chi connectivity index (χ2v) is 5.23. The number of rotatable bonds is 3. The van der Waals surface area contributed by atoms with Gasteiger partial charge in [0.2, 0.25) is 0 Å². The van der Waals surface area contributed by atoms with Crippen LogP contribution in [0.3, 0.4) is 0 Å². The molecule has 0 saturated carbocycles. The Kier molecular flexibility index (Phi) is 3.24. The third-order valence-electron chi connectivity index (χ3n) is 3.15. The molecule has 0 bridgehead atoms. The summed E-state index contributed by atoms with van der Waals surface area (Å²) in [7, 11) is 1.46. The molecule has 2 nitrogen and oxygen atoms in total. The second-order valence-electron chi connectivity index (χ2n) is 4.32. The molecule has 0 radical (unpaired) electrons. The molecule has 3 aromatic rings. The van der Waals surface area contributed by atoms with Crippen LogP contribution in [0.25, 0.3) is 10.1 Å². The summed E-state index contributed by atoms with van der Waals surface area (Å²) in [5.74, 6) is -0.471. The molecule has 20 heavy (non-hydrogen) atoms. The van der Waals surface area contributed by atoms with E-state index in [1.165, 1.54) is 30.6 Å². The van der Waals surface area contributed by atoms with E-state index in [1.54, 1.807) is 11.4 Å². The maximum atomic E-state index is 14.0. The van der Waals surface area contributed by atoms with Gasteiger partial charge in [-0.25, -0.2) is 4.39 Å². The fourth-order valence-corrected chi connectivity index (χ4v) is 3.05. The van der Waals surface area contributed by atoms with Gasteiger partial charge in [0.25, 0.3) is 0 Å². The van der Waals surface area contributed by atoms with Crippen molar-refractivity contribution < 1.29 is 13.9 Å². The van der Waals surface area contributed by atoms with Crippen LogP contribution in [0, 0.1) is 5.82 Å². The number of hydrogen-bond acceptors (Lipinski definition) is 3. The third-order valence-corrected chi connectivity index (χ3v) is 4.11. The minimum absolute atomic E-state index is 0.0642. The van der Waals surface area contributed by atoms with Crippen LogP contribution in [-0.2, 0) is 0 Å². The number of fused-ring (bicyclic) bond motifs is 1. The molecule has 0 atom stereocenters. The van der Waals surface area contributed by atoms with Gasteiger partial charge in [-0.3, -0.25) is 4.79 Å². The second kappa shape index (κ2) is 5.06. The van der Waals surface area contributed by atoms with Crippen LogP contribution in [-0.4, -0.2) is 12.9 Å². The summed E-state index contributed by atoms with van der Waals surface area (Å²) < 4.78 is 19.9. The van der Waals surface area contributed by atoms with Gasteiger partial charge in [0.05, 0.1) is 12.7 Å². The molecule has 0 amide bonds. The largest absolute Gasteiger partial charge is 0.497 e. The normalized spacial score (nSPS) is 10.7. The molecule has 0 aliphatic rings. The first-order valence-electron chi connectivity index (χ1n) is 6.05. The lowest BCUT2D eigenvalue weighted by Gasteiger charge is -2.04. The molecule has 0 saturated heterocycles. The van der Waals surface area contributed by atoms with Gasteiger partial charge < -0.3 is 4.74 Å². The third kappa shape index (κ3) is 2.08. The summed E-state index contributed by atoms with van der Waals surface area (Å²) in [6.45, 7) is 0. The van der Waals surface area contributed by atoms with Crippen molar-refractivity contribution in [3.05, 3.63) is 64.8 Å². The van der Waals surface area contributed by atoms with Crippen molar-refractivity contribution >= 4 is 27.2 Å². The van der Waals surface area contributed by atoms with Gasteiger partial charge in [-0.15, -0.1) is 11.3 Å². The number of carbonyl (C=O) groups is 1. The van der Waals surface area contributed by atoms with Gasteiger partial charge in [0.1, 0.15) is 11.6 Å². The Bertz CT molecular complexity index is 792. The first kappa shape index (κ1) is 12.8. The van der Waals surface area contributed by atoms with Crippen molar-refractivity contribution in [3.63, 3.8) is 0 Å². The average Bonchev–Trinajstić information content (AvgIpc) is 2.90.